The Morgan fingerprint density at radius 1 is 1.42 bits per heavy atom. The summed E-state index contributed by atoms with van der Waals surface area (Å²) in [5.41, 5.74) is -0.0235. The number of nitrogens with one attached hydrogen (secondary N) is 1. The van der Waals surface area contributed by atoms with Gasteiger partial charge in [0.15, 0.2) is 0 Å². The van der Waals surface area contributed by atoms with E-state index in [1.807, 2.05) is 20.8 Å². The van der Waals surface area contributed by atoms with Gasteiger partial charge < -0.3 is 0 Å². The maximum absolute atomic E-state index is 10.9. The minimum atomic E-state index is -3.07. The molecule has 0 aliphatic heterocycles. The van der Waals surface area contributed by atoms with Crippen LogP contribution in [0.15, 0.2) is 0 Å². The van der Waals surface area contributed by atoms with Crippen molar-refractivity contribution in [2.45, 2.75) is 26.8 Å². The maximum Gasteiger partial charge on any atom is 0.208 e. The largest absolute Gasteiger partial charge is 0.213 e. The fourth-order valence-electron chi connectivity index (χ4n) is 0.698. The van der Waals surface area contributed by atoms with E-state index >= 15 is 0 Å². The number of rotatable bonds is 3. The molecule has 0 amide bonds. The lowest BCUT2D eigenvalue weighted by Gasteiger charge is -2.29. The number of sulfonamides is 1. The molecule has 1 atom stereocenters. The number of alkyl halides is 1. The predicted molar refractivity (Wildman–Crippen MR) is 60.1 cm³/mol. The first-order valence-corrected chi connectivity index (χ1v) is 7.12. The minimum Gasteiger partial charge on any atom is -0.213 e. The van der Waals surface area contributed by atoms with Crippen molar-refractivity contribution in [3.63, 3.8) is 0 Å². The molecule has 0 spiro atoms. The average molecular weight is 305 g/mol. The lowest BCUT2D eigenvalue weighted by atomic mass is 9.89. The molecule has 0 radical (unpaired) electrons. The summed E-state index contributed by atoms with van der Waals surface area (Å²) in [5.74, 6) is 0. The Balaban J connectivity index is 4.41. The fourth-order valence-corrected chi connectivity index (χ4v) is 3.49. The molecule has 12 heavy (non-hydrogen) atoms. The minimum absolute atomic E-state index is 0.00750. The molecule has 0 aromatic rings. The van der Waals surface area contributed by atoms with Crippen LogP contribution in [-0.4, -0.2) is 25.1 Å². The second-order valence-electron chi connectivity index (χ2n) is 3.96. The van der Waals surface area contributed by atoms with Crippen LogP contribution in [0.4, 0.5) is 0 Å². The van der Waals surface area contributed by atoms with Gasteiger partial charge in [-0.3, -0.25) is 0 Å². The quantitative estimate of drug-likeness (QED) is 0.632. The van der Waals surface area contributed by atoms with E-state index in [1.165, 1.54) is 6.26 Å². The molecule has 0 aliphatic carbocycles. The van der Waals surface area contributed by atoms with Crippen molar-refractivity contribution in [3.05, 3.63) is 0 Å². The first-order chi connectivity index (χ1) is 5.17. The van der Waals surface area contributed by atoms with Crippen molar-refractivity contribution in [2.75, 3.05) is 10.7 Å². The molecule has 5 heteroatoms. The maximum atomic E-state index is 10.9. The second-order valence-corrected chi connectivity index (χ2v) is 6.62. The standard InChI is InChI=1S/C7H16INO2S/c1-7(2,3)6(5-8)9-12(4,10)11/h6,9H,5H2,1-4H3/t6-/m0/s1. The Labute approximate surface area is 88.5 Å². The highest BCUT2D eigenvalue weighted by molar-refractivity contribution is 14.1. The Morgan fingerprint density at radius 3 is 1.92 bits per heavy atom. The average Bonchev–Trinajstić information content (AvgIpc) is 1.78. The van der Waals surface area contributed by atoms with E-state index < -0.39 is 10.0 Å². The highest BCUT2D eigenvalue weighted by Gasteiger charge is 2.25. The van der Waals surface area contributed by atoms with Crippen LogP contribution < -0.4 is 4.72 Å². The third kappa shape index (κ3) is 5.31. The molecular formula is C7H16INO2S. The van der Waals surface area contributed by atoms with Crippen LogP contribution in [0.2, 0.25) is 0 Å². The lowest BCUT2D eigenvalue weighted by molar-refractivity contribution is 0.325. The topological polar surface area (TPSA) is 46.2 Å². The fraction of sp³-hybridized carbons (Fsp3) is 1.00. The van der Waals surface area contributed by atoms with Crippen LogP contribution in [0, 0.1) is 5.41 Å². The Morgan fingerprint density at radius 2 is 1.83 bits per heavy atom. The summed E-state index contributed by atoms with van der Waals surface area (Å²) in [6.07, 6.45) is 1.19. The summed E-state index contributed by atoms with van der Waals surface area (Å²) in [5, 5.41) is 0. The van der Waals surface area contributed by atoms with Gasteiger partial charge in [0, 0.05) is 10.5 Å². The third-order valence-electron chi connectivity index (χ3n) is 1.56. The predicted octanol–water partition coefficient (Wildman–Crippen LogP) is 1.39. The van der Waals surface area contributed by atoms with E-state index in [1.54, 1.807) is 0 Å². The zero-order valence-electron chi connectivity index (χ0n) is 7.89. The van der Waals surface area contributed by atoms with Crippen LogP contribution >= 0.6 is 22.6 Å². The first kappa shape index (κ1) is 12.6. The van der Waals surface area contributed by atoms with E-state index in [0.29, 0.717) is 0 Å². The summed E-state index contributed by atoms with van der Waals surface area (Å²) in [4.78, 5) is 0. The zero-order valence-corrected chi connectivity index (χ0v) is 10.9. The molecule has 0 saturated heterocycles. The van der Waals surface area contributed by atoms with E-state index in [-0.39, 0.29) is 11.5 Å². The molecule has 0 bridgehead atoms. The summed E-state index contributed by atoms with van der Waals surface area (Å²) in [7, 11) is -3.07. The molecule has 0 aromatic heterocycles. The molecule has 0 aromatic carbocycles. The van der Waals surface area contributed by atoms with E-state index in [0.717, 1.165) is 4.43 Å². The summed E-state index contributed by atoms with van der Waals surface area (Å²) < 4.78 is 25.3. The third-order valence-corrected chi connectivity index (χ3v) is 3.15. The highest BCUT2D eigenvalue weighted by atomic mass is 127. The van der Waals surface area contributed by atoms with E-state index in [2.05, 4.69) is 27.3 Å². The summed E-state index contributed by atoms with van der Waals surface area (Å²) in [6.45, 7) is 6.07. The van der Waals surface area contributed by atoms with Gasteiger partial charge in [-0.2, -0.15) is 0 Å². The van der Waals surface area contributed by atoms with Crippen LogP contribution in [0.3, 0.4) is 0 Å². The van der Waals surface area contributed by atoms with Gasteiger partial charge in [-0.25, -0.2) is 13.1 Å². The van der Waals surface area contributed by atoms with Gasteiger partial charge in [-0.15, -0.1) is 0 Å². The Hall–Kier alpha value is 0.640. The van der Waals surface area contributed by atoms with E-state index in [9.17, 15) is 8.42 Å². The monoisotopic (exact) mass is 305 g/mol. The van der Waals surface area contributed by atoms with E-state index in [4.69, 9.17) is 0 Å². The first-order valence-electron chi connectivity index (χ1n) is 3.70. The van der Waals surface area contributed by atoms with Gasteiger partial charge >= 0.3 is 0 Å². The van der Waals surface area contributed by atoms with Gasteiger partial charge in [-0.1, -0.05) is 43.4 Å². The molecule has 0 fully saturated rings. The molecule has 3 nitrogen and oxygen atoms in total. The zero-order chi connectivity index (χ0) is 9.99. The normalized spacial score (nSPS) is 16.1. The summed E-state index contributed by atoms with van der Waals surface area (Å²) >= 11 is 2.19. The van der Waals surface area contributed by atoms with Gasteiger partial charge in [0.2, 0.25) is 10.0 Å². The van der Waals surface area contributed by atoms with Gasteiger partial charge in [0.05, 0.1) is 6.26 Å². The number of hydrogen-bond donors (Lipinski definition) is 1. The highest BCUT2D eigenvalue weighted by Crippen LogP contribution is 2.21. The van der Waals surface area contributed by atoms with Gasteiger partial charge in [-0.05, 0) is 5.41 Å². The van der Waals surface area contributed by atoms with Crippen LogP contribution in [0.1, 0.15) is 20.8 Å². The molecule has 74 valence electrons. The molecule has 1 N–H and O–H groups in total. The molecule has 0 unspecified atom stereocenters. The lowest BCUT2D eigenvalue weighted by Crippen LogP contribution is -2.44. The molecule has 0 aliphatic rings. The van der Waals surface area contributed by atoms with Crippen molar-refractivity contribution in [1.29, 1.82) is 0 Å². The van der Waals surface area contributed by atoms with Gasteiger partial charge in [0.25, 0.3) is 0 Å². The van der Waals surface area contributed by atoms with Crippen LogP contribution in [0.5, 0.6) is 0 Å². The van der Waals surface area contributed by atoms with Crippen molar-refractivity contribution in [2.24, 2.45) is 5.41 Å². The van der Waals surface area contributed by atoms with Crippen LogP contribution in [0.25, 0.3) is 0 Å². The van der Waals surface area contributed by atoms with Crippen molar-refractivity contribution in [1.82, 2.24) is 4.72 Å². The SMILES string of the molecule is CC(C)(C)[C@H](CI)NS(C)(=O)=O. The Kier molecular flexibility index (Phi) is 4.46. The van der Waals surface area contributed by atoms with Crippen LogP contribution in [-0.2, 0) is 10.0 Å². The molecule has 0 saturated carbocycles. The van der Waals surface area contributed by atoms with Crippen molar-refractivity contribution >= 4 is 32.6 Å². The number of hydrogen-bond acceptors (Lipinski definition) is 2. The molecule has 0 rings (SSSR count). The summed E-state index contributed by atoms with van der Waals surface area (Å²) in [6, 6.07) is 0.00750. The molecular weight excluding hydrogens is 289 g/mol. The van der Waals surface area contributed by atoms with Gasteiger partial charge in [0.1, 0.15) is 0 Å². The smallest absolute Gasteiger partial charge is 0.208 e. The Bertz CT molecular complexity index is 230. The second kappa shape index (κ2) is 4.23. The molecule has 0 heterocycles. The number of halogens is 1. The van der Waals surface area contributed by atoms with Crippen molar-refractivity contribution in [3.8, 4) is 0 Å². The van der Waals surface area contributed by atoms with Crippen molar-refractivity contribution < 1.29 is 8.42 Å².